The summed E-state index contributed by atoms with van der Waals surface area (Å²) in [6, 6.07) is 0. The van der Waals surface area contributed by atoms with Gasteiger partial charge < -0.3 is 0 Å². The zero-order chi connectivity index (χ0) is 12.3. The molecule has 5 heteroatoms. The highest BCUT2D eigenvalue weighted by Gasteiger charge is 2.12. The second-order valence-corrected chi connectivity index (χ2v) is 16.4. The fourth-order valence-electron chi connectivity index (χ4n) is 0.466. The van der Waals surface area contributed by atoms with Crippen molar-refractivity contribution >= 4 is 26.0 Å². The maximum absolute atomic E-state index is 11.4. The Balaban J connectivity index is 5.02. The van der Waals surface area contributed by atoms with Gasteiger partial charge in [0.2, 0.25) is 0 Å². The van der Waals surface area contributed by atoms with Gasteiger partial charge in [-0.2, -0.15) is 0 Å². The first kappa shape index (κ1) is 14.5. The van der Waals surface area contributed by atoms with Crippen LogP contribution in [0.1, 0.15) is 0 Å². The van der Waals surface area contributed by atoms with Crippen molar-refractivity contribution < 1.29 is 8.42 Å². The van der Waals surface area contributed by atoms with Gasteiger partial charge in [0.05, 0.1) is 0 Å². The molecule has 0 aromatic rings. The number of rotatable bonds is 0. The zero-order valence-electron chi connectivity index (χ0n) is 10.2. The van der Waals surface area contributed by atoms with E-state index in [0.29, 0.717) is 0 Å². The van der Waals surface area contributed by atoms with Crippen LogP contribution in [0.4, 0.5) is 0 Å². The van der Waals surface area contributed by atoms with E-state index in [9.17, 15) is 8.42 Å². The van der Waals surface area contributed by atoms with Crippen LogP contribution in [0.15, 0.2) is 0 Å². The molecule has 0 aliphatic rings. The molecule has 0 aliphatic carbocycles. The molecule has 0 bridgehead atoms. The lowest BCUT2D eigenvalue weighted by molar-refractivity contribution is 0.615. The first-order chi connectivity index (χ1) is 6.41. The standard InChI is InChI=1S/C10H18O2SSi2/c1-14(2,3)9-7-13(11,12)8-10-15(4,5)6/h1-6H3. The van der Waals surface area contributed by atoms with E-state index in [2.05, 4.69) is 21.6 Å². The smallest absolute Gasteiger partial charge is 0.202 e. The summed E-state index contributed by atoms with van der Waals surface area (Å²) in [6.45, 7) is 12.0. The Labute approximate surface area is 95.4 Å². The third-order valence-corrected chi connectivity index (χ3v) is 3.97. The molecule has 0 amide bonds. The topological polar surface area (TPSA) is 34.1 Å². The second kappa shape index (κ2) is 4.57. The Hall–Kier alpha value is -0.496. The van der Waals surface area contributed by atoms with Crippen LogP contribution in [0.2, 0.25) is 39.3 Å². The van der Waals surface area contributed by atoms with Gasteiger partial charge in [0.15, 0.2) is 0 Å². The van der Waals surface area contributed by atoms with Crippen LogP contribution < -0.4 is 0 Å². The summed E-state index contributed by atoms with van der Waals surface area (Å²) in [6.07, 6.45) is 0. The molecule has 0 aromatic carbocycles. The lowest BCUT2D eigenvalue weighted by Crippen LogP contribution is -2.18. The van der Waals surface area contributed by atoms with Crippen LogP contribution in [0.25, 0.3) is 0 Å². The molecule has 0 radical (unpaired) electrons. The maximum atomic E-state index is 11.4. The first-order valence-corrected chi connectivity index (χ1v) is 13.2. The van der Waals surface area contributed by atoms with Gasteiger partial charge in [0.25, 0.3) is 9.84 Å². The summed E-state index contributed by atoms with van der Waals surface area (Å²) >= 11 is 0. The summed E-state index contributed by atoms with van der Waals surface area (Å²) in [5, 5.41) is 4.61. The minimum atomic E-state index is -3.50. The van der Waals surface area contributed by atoms with Crippen LogP contribution >= 0.6 is 0 Å². The minimum absolute atomic E-state index is 1.64. The van der Waals surface area contributed by atoms with Crippen molar-refractivity contribution in [3.63, 3.8) is 0 Å². The van der Waals surface area contributed by atoms with Crippen molar-refractivity contribution in [1.29, 1.82) is 0 Å². The maximum Gasteiger partial charge on any atom is 0.283 e. The molecule has 0 aliphatic heterocycles. The molecule has 0 rings (SSSR count). The molecule has 0 aromatic heterocycles. The van der Waals surface area contributed by atoms with Crippen LogP contribution in [0, 0.1) is 21.6 Å². The molecule has 0 unspecified atom stereocenters. The quantitative estimate of drug-likeness (QED) is 0.492. The number of hydrogen-bond acceptors (Lipinski definition) is 2. The van der Waals surface area contributed by atoms with E-state index in [1.807, 2.05) is 39.3 Å². The molecule has 0 saturated carbocycles. The van der Waals surface area contributed by atoms with Gasteiger partial charge in [-0.3, -0.25) is 0 Å². The van der Waals surface area contributed by atoms with Crippen molar-refractivity contribution in [3.05, 3.63) is 0 Å². The highest BCUT2D eigenvalue weighted by Crippen LogP contribution is 1.99. The van der Waals surface area contributed by atoms with Crippen LogP contribution in [-0.4, -0.2) is 24.6 Å². The summed E-state index contributed by atoms with van der Waals surface area (Å²) in [5.74, 6) is 0. The van der Waals surface area contributed by atoms with E-state index in [1.165, 1.54) is 0 Å². The Morgan fingerprint density at radius 3 is 1.20 bits per heavy atom. The van der Waals surface area contributed by atoms with Crippen molar-refractivity contribution in [2.24, 2.45) is 0 Å². The largest absolute Gasteiger partial charge is 0.283 e. The van der Waals surface area contributed by atoms with Crippen molar-refractivity contribution in [2.75, 3.05) is 0 Å². The molecule has 0 N–H and O–H groups in total. The molecule has 0 fully saturated rings. The van der Waals surface area contributed by atoms with Gasteiger partial charge in [-0.1, -0.05) is 39.3 Å². The minimum Gasteiger partial charge on any atom is -0.202 e. The highest BCUT2D eigenvalue weighted by molar-refractivity contribution is 8.00. The van der Waals surface area contributed by atoms with Crippen LogP contribution in [0.3, 0.4) is 0 Å². The van der Waals surface area contributed by atoms with Gasteiger partial charge in [-0.15, -0.1) is 11.1 Å². The fraction of sp³-hybridized carbons (Fsp3) is 0.600. The lowest BCUT2D eigenvalue weighted by atomic mass is 11.3. The third kappa shape index (κ3) is 9.80. The SMILES string of the molecule is C[Si](C)(C)C#CS(=O)(=O)C#C[Si](C)(C)C. The van der Waals surface area contributed by atoms with Gasteiger partial charge in [0, 0.05) is 10.5 Å². The van der Waals surface area contributed by atoms with Gasteiger partial charge in [-0.05, 0) is 0 Å². The van der Waals surface area contributed by atoms with Crippen LogP contribution in [-0.2, 0) is 9.84 Å². The summed E-state index contributed by atoms with van der Waals surface area (Å²) in [5.41, 5.74) is 5.62. The fourth-order valence-corrected chi connectivity index (χ4v) is 4.04. The molecule has 0 spiro atoms. The Kier molecular flexibility index (Phi) is 4.41. The normalized spacial score (nSPS) is 12.1. The molecule has 0 heterocycles. The molecule has 0 atom stereocenters. The lowest BCUT2D eigenvalue weighted by Gasteiger charge is -2.03. The molecule has 0 saturated heterocycles. The molecule has 84 valence electrons. The van der Waals surface area contributed by atoms with Crippen molar-refractivity contribution in [2.45, 2.75) is 39.3 Å². The van der Waals surface area contributed by atoms with E-state index in [4.69, 9.17) is 0 Å². The summed E-state index contributed by atoms with van der Waals surface area (Å²) in [4.78, 5) is 0. The van der Waals surface area contributed by atoms with E-state index in [1.54, 1.807) is 0 Å². The average molecular weight is 258 g/mol. The summed E-state index contributed by atoms with van der Waals surface area (Å²) in [7, 11) is -6.78. The van der Waals surface area contributed by atoms with E-state index >= 15 is 0 Å². The van der Waals surface area contributed by atoms with Crippen molar-refractivity contribution in [3.8, 4) is 21.6 Å². The number of hydrogen-bond donors (Lipinski definition) is 0. The monoisotopic (exact) mass is 258 g/mol. The molecular weight excluding hydrogens is 240 g/mol. The zero-order valence-corrected chi connectivity index (χ0v) is 13.0. The molecular formula is C10H18O2SSi2. The summed E-state index contributed by atoms with van der Waals surface area (Å²) < 4.78 is 22.8. The predicted octanol–water partition coefficient (Wildman–Crippen LogP) is 2.08. The Bertz CT molecular complexity index is 404. The predicted molar refractivity (Wildman–Crippen MR) is 71.2 cm³/mol. The van der Waals surface area contributed by atoms with Crippen LogP contribution in [0.5, 0.6) is 0 Å². The Morgan fingerprint density at radius 2 is 1.00 bits per heavy atom. The number of sulfone groups is 1. The molecule has 2 nitrogen and oxygen atoms in total. The van der Waals surface area contributed by atoms with Gasteiger partial charge in [0.1, 0.15) is 16.1 Å². The first-order valence-electron chi connectivity index (χ1n) is 4.74. The van der Waals surface area contributed by atoms with Gasteiger partial charge >= 0.3 is 0 Å². The van der Waals surface area contributed by atoms with Crippen molar-refractivity contribution in [1.82, 2.24) is 0 Å². The third-order valence-electron chi connectivity index (χ3n) is 1.12. The van der Waals surface area contributed by atoms with E-state index in [-0.39, 0.29) is 0 Å². The second-order valence-electron chi connectivity index (χ2n) is 5.46. The highest BCUT2D eigenvalue weighted by atomic mass is 32.2. The molecule has 15 heavy (non-hydrogen) atoms. The van der Waals surface area contributed by atoms with E-state index < -0.39 is 26.0 Å². The van der Waals surface area contributed by atoms with E-state index in [0.717, 1.165) is 0 Å². The average Bonchev–Trinajstić information content (AvgIpc) is 1.96. The Morgan fingerprint density at radius 1 is 0.733 bits per heavy atom. The van der Waals surface area contributed by atoms with Gasteiger partial charge in [-0.25, -0.2) is 8.42 Å².